The molecular weight excluding hydrogens is 264 g/mol. The van der Waals surface area contributed by atoms with Gasteiger partial charge in [0.1, 0.15) is 4.90 Å². The first-order chi connectivity index (χ1) is 8.90. The lowest BCUT2D eigenvalue weighted by Crippen LogP contribution is -2.24. The number of sulfonamides is 1. The number of nitrogens with two attached hydrogens (primary N) is 1. The summed E-state index contributed by atoms with van der Waals surface area (Å²) in [6, 6.07) is 4.86. The Kier molecular flexibility index (Phi) is 3.59. The van der Waals surface area contributed by atoms with Crippen molar-refractivity contribution in [3.8, 4) is 0 Å². The highest BCUT2D eigenvalue weighted by Gasteiger charge is 2.17. The monoisotopic (exact) mass is 280 g/mol. The highest BCUT2D eigenvalue weighted by molar-refractivity contribution is 7.89. The van der Waals surface area contributed by atoms with Gasteiger partial charge in [-0.25, -0.2) is 13.1 Å². The molecule has 4 N–H and O–H groups in total. The number of H-pyrrole nitrogens is 1. The topological polar surface area (TPSA) is 101 Å². The van der Waals surface area contributed by atoms with E-state index >= 15 is 0 Å². The number of hydrogen-bond donors (Lipinski definition) is 3. The fourth-order valence-corrected chi connectivity index (χ4v) is 2.83. The number of nitrogens with one attached hydrogen (secondary N) is 2. The minimum Gasteiger partial charge on any atom is -0.398 e. The Morgan fingerprint density at radius 1 is 1.37 bits per heavy atom. The molecule has 0 spiro atoms. The molecule has 0 saturated carbocycles. The lowest BCUT2D eigenvalue weighted by atomic mass is 10.2. The number of nitrogens with zero attached hydrogens (tertiary/aromatic N) is 1. The molecule has 0 amide bonds. The molecule has 0 aliphatic carbocycles. The van der Waals surface area contributed by atoms with Crippen molar-refractivity contribution >= 4 is 15.7 Å². The molecule has 0 saturated heterocycles. The maximum absolute atomic E-state index is 12.1. The van der Waals surface area contributed by atoms with Crippen LogP contribution >= 0.6 is 0 Å². The van der Waals surface area contributed by atoms with E-state index in [2.05, 4.69) is 14.9 Å². The van der Waals surface area contributed by atoms with Gasteiger partial charge in [-0.05, 0) is 31.5 Å². The lowest BCUT2D eigenvalue weighted by Gasteiger charge is -2.09. The van der Waals surface area contributed by atoms with E-state index in [1.807, 2.05) is 13.8 Å². The van der Waals surface area contributed by atoms with Gasteiger partial charge < -0.3 is 5.73 Å². The maximum atomic E-state index is 12.1. The summed E-state index contributed by atoms with van der Waals surface area (Å²) >= 11 is 0. The van der Waals surface area contributed by atoms with E-state index in [1.54, 1.807) is 18.3 Å². The molecule has 19 heavy (non-hydrogen) atoms. The molecule has 0 bridgehead atoms. The zero-order valence-corrected chi connectivity index (χ0v) is 11.6. The van der Waals surface area contributed by atoms with Gasteiger partial charge in [0.05, 0.1) is 11.9 Å². The number of aromatic nitrogens is 2. The molecule has 0 fully saturated rings. The van der Waals surface area contributed by atoms with Crippen molar-refractivity contribution in [2.24, 2.45) is 0 Å². The van der Waals surface area contributed by atoms with E-state index < -0.39 is 10.0 Å². The van der Waals surface area contributed by atoms with Crippen LogP contribution in [-0.2, 0) is 16.6 Å². The Labute approximate surface area is 112 Å². The summed E-state index contributed by atoms with van der Waals surface area (Å²) < 4.78 is 26.8. The Bertz CT molecular complexity index is 692. The number of rotatable bonds is 4. The smallest absolute Gasteiger partial charge is 0.242 e. The molecule has 0 atom stereocenters. The van der Waals surface area contributed by atoms with Crippen LogP contribution in [0.5, 0.6) is 0 Å². The second-order valence-corrected chi connectivity index (χ2v) is 6.12. The number of aryl methyl sites for hydroxylation is 2. The SMILES string of the molecule is Cc1ccc(S(=O)(=O)NCc2cn[nH]c2C)c(N)c1. The normalized spacial score (nSPS) is 11.7. The molecule has 0 unspecified atom stereocenters. The van der Waals surface area contributed by atoms with Crippen molar-refractivity contribution in [3.63, 3.8) is 0 Å². The van der Waals surface area contributed by atoms with Gasteiger partial charge >= 0.3 is 0 Å². The summed E-state index contributed by atoms with van der Waals surface area (Å²) in [5.74, 6) is 0. The van der Waals surface area contributed by atoms with E-state index in [1.165, 1.54) is 6.07 Å². The third-order valence-corrected chi connectivity index (χ3v) is 4.32. The highest BCUT2D eigenvalue weighted by Crippen LogP contribution is 2.19. The Balaban J connectivity index is 2.21. The standard InChI is InChI=1S/C12H16N4O2S/c1-8-3-4-12(11(13)5-8)19(17,18)15-7-10-6-14-16-9(10)2/h3-6,15H,7,13H2,1-2H3,(H,14,16). The first-order valence-corrected chi connectivity index (χ1v) is 7.23. The molecule has 0 aliphatic heterocycles. The van der Waals surface area contributed by atoms with Crippen molar-refractivity contribution in [2.45, 2.75) is 25.3 Å². The number of aromatic amines is 1. The zero-order valence-electron chi connectivity index (χ0n) is 10.8. The minimum atomic E-state index is -3.62. The molecule has 1 aromatic heterocycles. The number of anilines is 1. The second kappa shape index (κ2) is 5.02. The van der Waals surface area contributed by atoms with E-state index in [4.69, 9.17) is 5.73 Å². The summed E-state index contributed by atoms with van der Waals surface area (Å²) in [6.45, 7) is 3.86. The molecule has 102 valence electrons. The van der Waals surface area contributed by atoms with Gasteiger partial charge in [-0.2, -0.15) is 5.10 Å². The predicted octanol–water partition coefficient (Wildman–Crippen LogP) is 1.09. The van der Waals surface area contributed by atoms with Crippen molar-refractivity contribution in [1.29, 1.82) is 0 Å². The molecule has 0 radical (unpaired) electrons. The van der Waals surface area contributed by atoms with E-state index in [-0.39, 0.29) is 17.1 Å². The summed E-state index contributed by atoms with van der Waals surface area (Å²) in [4.78, 5) is 0.0965. The van der Waals surface area contributed by atoms with Crippen LogP contribution in [0.15, 0.2) is 29.3 Å². The zero-order chi connectivity index (χ0) is 14.0. The van der Waals surface area contributed by atoms with E-state index in [0.717, 1.165) is 16.8 Å². The van der Waals surface area contributed by atoms with Gasteiger partial charge in [-0.3, -0.25) is 5.10 Å². The Hall–Kier alpha value is -1.86. The van der Waals surface area contributed by atoms with Gasteiger partial charge in [0.15, 0.2) is 0 Å². The Morgan fingerprint density at radius 2 is 2.11 bits per heavy atom. The van der Waals surface area contributed by atoms with Crippen LogP contribution in [-0.4, -0.2) is 18.6 Å². The molecule has 6 nitrogen and oxygen atoms in total. The van der Waals surface area contributed by atoms with Crippen molar-refractivity contribution < 1.29 is 8.42 Å². The van der Waals surface area contributed by atoms with Crippen LogP contribution in [0.25, 0.3) is 0 Å². The fourth-order valence-electron chi connectivity index (χ4n) is 1.72. The van der Waals surface area contributed by atoms with Crippen molar-refractivity contribution in [2.75, 3.05) is 5.73 Å². The molecule has 7 heteroatoms. The molecule has 2 aromatic rings. The van der Waals surface area contributed by atoms with Gasteiger partial charge in [0, 0.05) is 17.8 Å². The van der Waals surface area contributed by atoms with Gasteiger partial charge in [-0.1, -0.05) is 6.07 Å². The van der Waals surface area contributed by atoms with Crippen LogP contribution in [0.2, 0.25) is 0 Å². The van der Waals surface area contributed by atoms with Crippen LogP contribution < -0.4 is 10.5 Å². The summed E-state index contributed by atoms with van der Waals surface area (Å²) in [5.41, 5.74) is 8.55. The number of hydrogen-bond acceptors (Lipinski definition) is 4. The lowest BCUT2D eigenvalue weighted by molar-refractivity contribution is 0.581. The van der Waals surface area contributed by atoms with Crippen molar-refractivity contribution in [1.82, 2.24) is 14.9 Å². The average molecular weight is 280 g/mol. The first kappa shape index (κ1) is 13.6. The number of nitrogen functional groups attached to an aromatic ring is 1. The van der Waals surface area contributed by atoms with Gasteiger partial charge in [-0.15, -0.1) is 0 Å². The fraction of sp³-hybridized carbons (Fsp3) is 0.250. The van der Waals surface area contributed by atoms with Crippen molar-refractivity contribution in [3.05, 3.63) is 41.2 Å². The van der Waals surface area contributed by atoms with Crippen LogP contribution in [0.3, 0.4) is 0 Å². The van der Waals surface area contributed by atoms with Crippen LogP contribution in [0.1, 0.15) is 16.8 Å². The second-order valence-electron chi connectivity index (χ2n) is 4.39. The largest absolute Gasteiger partial charge is 0.398 e. The average Bonchev–Trinajstić information content (AvgIpc) is 2.72. The summed E-state index contributed by atoms with van der Waals surface area (Å²) in [7, 11) is -3.62. The van der Waals surface area contributed by atoms with Gasteiger partial charge in [0.2, 0.25) is 10.0 Å². The van der Waals surface area contributed by atoms with Gasteiger partial charge in [0.25, 0.3) is 0 Å². The Morgan fingerprint density at radius 3 is 2.68 bits per heavy atom. The molecule has 1 aromatic carbocycles. The third kappa shape index (κ3) is 2.94. The minimum absolute atomic E-state index is 0.0965. The quantitative estimate of drug-likeness (QED) is 0.730. The third-order valence-electron chi connectivity index (χ3n) is 2.84. The molecule has 1 heterocycles. The van der Waals surface area contributed by atoms with Crippen LogP contribution in [0, 0.1) is 13.8 Å². The molecule has 2 rings (SSSR count). The highest BCUT2D eigenvalue weighted by atomic mass is 32.2. The van der Waals surface area contributed by atoms with E-state index in [0.29, 0.717) is 0 Å². The summed E-state index contributed by atoms with van der Waals surface area (Å²) in [6.07, 6.45) is 1.59. The predicted molar refractivity (Wildman–Crippen MR) is 72.9 cm³/mol. The maximum Gasteiger partial charge on any atom is 0.242 e. The molecule has 0 aliphatic rings. The van der Waals surface area contributed by atoms with E-state index in [9.17, 15) is 8.42 Å². The summed E-state index contributed by atoms with van der Waals surface area (Å²) in [5, 5.41) is 6.59. The van der Waals surface area contributed by atoms with Crippen LogP contribution in [0.4, 0.5) is 5.69 Å². The molecular formula is C12H16N4O2S. The number of benzene rings is 1. The first-order valence-electron chi connectivity index (χ1n) is 5.75.